The highest BCUT2D eigenvalue weighted by molar-refractivity contribution is 4.84. The van der Waals surface area contributed by atoms with Crippen molar-refractivity contribution in [1.29, 1.82) is 0 Å². The molecule has 1 aromatic rings. The molecule has 0 amide bonds. The summed E-state index contributed by atoms with van der Waals surface area (Å²) >= 11 is 0. The Kier molecular flexibility index (Phi) is 4.02. The van der Waals surface area contributed by atoms with E-state index in [1.165, 1.54) is 0 Å². The van der Waals surface area contributed by atoms with Crippen LogP contribution in [0.15, 0.2) is 6.33 Å². The van der Waals surface area contributed by atoms with E-state index in [0.29, 0.717) is 18.8 Å². The molecule has 0 bridgehead atoms. The third-order valence-corrected chi connectivity index (χ3v) is 3.07. The van der Waals surface area contributed by atoms with E-state index in [1.54, 1.807) is 6.33 Å². The van der Waals surface area contributed by atoms with Crippen molar-refractivity contribution in [3.05, 3.63) is 12.2 Å². The van der Waals surface area contributed by atoms with Gasteiger partial charge in [-0.05, 0) is 40.5 Å². The lowest BCUT2D eigenvalue weighted by Gasteiger charge is -2.19. The van der Waals surface area contributed by atoms with Crippen LogP contribution in [0.3, 0.4) is 0 Å². The SMILES string of the molecule is CC1CCC(Cn2cnc(CNC(C)(C)C)n2)O1. The molecular weight excluding hydrogens is 228 g/mol. The van der Waals surface area contributed by atoms with Gasteiger partial charge in [0.25, 0.3) is 0 Å². The quantitative estimate of drug-likeness (QED) is 0.886. The van der Waals surface area contributed by atoms with Crippen LogP contribution in [-0.4, -0.2) is 32.5 Å². The van der Waals surface area contributed by atoms with Crippen LogP contribution in [0.2, 0.25) is 0 Å². The van der Waals surface area contributed by atoms with Crippen molar-refractivity contribution < 1.29 is 4.74 Å². The molecule has 2 atom stereocenters. The number of nitrogens with zero attached hydrogens (tertiary/aromatic N) is 3. The number of aromatic nitrogens is 3. The largest absolute Gasteiger partial charge is 0.373 e. The van der Waals surface area contributed by atoms with E-state index in [0.717, 1.165) is 25.2 Å². The Morgan fingerprint density at radius 2 is 2.22 bits per heavy atom. The Morgan fingerprint density at radius 1 is 1.44 bits per heavy atom. The summed E-state index contributed by atoms with van der Waals surface area (Å²) < 4.78 is 7.68. The van der Waals surface area contributed by atoms with E-state index in [2.05, 4.69) is 43.1 Å². The summed E-state index contributed by atoms with van der Waals surface area (Å²) in [4.78, 5) is 4.31. The van der Waals surface area contributed by atoms with Gasteiger partial charge in [0.2, 0.25) is 0 Å². The Balaban J connectivity index is 1.82. The lowest BCUT2D eigenvalue weighted by atomic mass is 10.1. The minimum Gasteiger partial charge on any atom is -0.373 e. The Morgan fingerprint density at radius 3 is 2.83 bits per heavy atom. The molecule has 1 aliphatic heterocycles. The molecule has 1 N–H and O–H groups in total. The second kappa shape index (κ2) is 5.36. The molecule has 0 spiro atoms. The molecule has 2 unspecified atom stereocenters. The van der Waals surface area contributed by atoms with Crippen LogP contribution in [0.5, 0.6) is 0 Å². The Hall–Kier alpha value is -0.940. The van der Waals surface area contributed by atoms with Crippen molar-refractivity contribution in [3.8, 4) is 0 Å². The number of nitrogens with one attached hydrogen (secondary N) is 1. The molecule has 0 saturated carbocycles. The van der Waals surface area contributed by atoms with Crippen molar-refractivity contribution >= 4 is 0 Å². The summed E-state index contributed by atoms with van der Waals surface area (Å²) in [5, 5.41) is 7.85. The van der Waals surface area contributed by atoms with Crippen LogP contribution in [0.4, 0.5) is 0 Å². The highest BCUT2D eigenvalue weighted by Crippen LogP contribution is 2.19. The van der Waals surface area contributed by atoms with Gasteiger partial charge in [-0.3, -0.25) is 4.68 Å². The standard InChI is InChI=1S/C13H24N4O/c1-10-5-6-11(18-10)8-17-9-14-12(16-17)7-15-13(2,3)4/h9-11,15H,5-8H2,1-4H3. The summed E-state index contributed by atoms with van der Waals surface area (Å²) in [6, 6.07) is 0. The maximum Gasteiger partial charge on any atom is 0.164 e. The fourth-order valence-corrected chi connectivity index (χ4v) is 2.07. The molecule has 102 valence electrons. The summed E-state index contributed by atoms with van der Waals surface area (Å²) in [7, 11) is 0. The van der Waals surface area contributed by atoms with Gasteiger partial charge in [0.15, 0.2) is 5.82 Å². The molecule has 1 saturated heterocycles. The highest BCUT2D eigenvalue weighted by atomic mass is 16.5. The molecule has 1 fully saturated rings. The minimum absolute atomic E-state index is 0.0927. The molecule has 18 heavy (non-hydrogen) atoms. The van der Waals surface area contributed by atoms with Gasteiger partial charge in [0, 0.05) is 5.54 Å². The van der Waals surface area contributed by atoms with Gasteiger partial charge in [-0.1, -0.05) is 0 Å². The molecule has 5 nitrogen and oxygen atoms in total. The normalized spacial score (nSPS) is 24.7. The van der Waals surface area contributed by atoms with Gasteiger partial charge in [-0.25, -0.2) is 4.98 Å². The van der Waals surface area contributed by atoms with Gasteiger partial charge >= 0.3 is 0 Å². The van der Waals surface area contributed by atoms with Crippen LogP contribution in [0, 0.1) is 0 Å². The maximum atomic E-state index is 5.78. The van der Waals surface area contributed by atoms with Gasteiger partial charge in [-0.15, -0.1) is 0 Å². The predicted octanol–water partition coefficient (Wildman–Crippen LogP) is 1.73. The lowest BCUT2D eigenvalue weighted by molar-refractivity contribution is 0.0436. The average molecular weight is 252 g/mol. The molecular formula is C13H24N4O. The zero-order valence-corrected chi connectivity index (χ0v) is 11.8. The minimum atomic E-state index is 0.0927. The summed E-state index contributed by atoms with van der Waals surface area (Å²) in [6.45, 7) is 10.1. The Labute approximate surface area is 109 Å². The monoisotopic (exact) mass is 252 g/mol. The molecule has 0 radical (unpaired) electrons. The molecule has 0 aromatic carbocycles. The molecule has 0 aliphatic carbocycles. The summed E-state index contributed by atoms with van der Waals surface area (Å²) in [5.74, 6) is 0.843. The lowest BCUT2D eigenvalue weighted by Crippen LogP contribution is -2.35. The molecule has 5 heteroatoms. The van der Waals surface area contributed by atoms with E-state index in [9.17, 15) is 0 Å². The maximum absolute atomic E-state index is 5.78. The van der Waals surface area contributed by atoms with Crippen LogP contribution < -0.4 is 5.32 Å². The third kappa shape index (κ3) is 4.07. The van der Waals surface area contributed by atoms with E-state index in [4.69, 9.17) is 4.74 Å². The van der Waals surface area contributed by atoms with E-state index >= 15 is 0 Å². The second-order valence-electron chi connectivity index (χ2n) is 6.13. The molecule has 1 aromatic heterocycles. The summed E-state index contributed by atoms with van der Waals surface area (Å²) in [5.41, 5.74) is 0.0927. The first-order chi connectivity index (χ1) is 8.42. The van der Waals surface area contributed by atoms with E-state index < -0.39 is 0 Å². The first-order valence-electron chi connectivity index (χ1n) is 6.71. The van der Waals surface area contributed by atoms with Crippen LogP contribution in [-0.2, 0) is 17.8 Å². The number of hydrogen-bond donors (Lipinski definition) is 1. The van der Waals surface area contributed by atoms with Gasteiger partial charge in [0.1, 0.15) is 6.33 Å². The number of ether oxygens (including phenoxy) is 1. The predicted molar refractivity (Wildman–Crippen MR) is 70.2 cm³/mol. The zero-order valence-electron chi connectivity index (χ0n) is 11.8. The van der Waals surface area contributed by atoms with Gasteiger partial charge < -0.3 is 10.1 Å². The van der Waals surface area contributed by atoms with E-state index in [-0.39, 0.29) is 5.54 Å². The Bertz CT molecular complexity index is 383. The zero-order chi connectivity index (χ0) is 13.2. The fourth-order valence-electron chi connectivity index (χ4n) is 2.07. The number of rotatable bonds is 4. The molecule has 2 heterocycles. The van der Waals surface area contributed by atoms with Gasteiger partial charge in [0.05, 0.1) is 25.3 Å². The van der Waals surface area contributed by atoms with E-state index in [1.807, 2.05) is 4.68 Å². The van der Waals surface area contributed by atoms with Crippen LogP contribution >= 0.6 is 0 Å². The van der Waals surface area contributed by atoms with Crippen molar-refractivity contribution in [2.45, 2.75) is 71.4 Å². The molecule has 2 rings (SSSR count). The number of hydrogen-bond acceptors (Lipinski definition) is 4. The van der Waals surface area contributed by atoms with Crippen molar-refractivity contribution in [2.75, 3.05) is 0 Å². The van der Waals surface area contributed by atoms with Gasteiger partial charge in [-0.2, -0.15) is 5.10 Å². The van der Waals surface area contributed by atoms with Crippen LogP contribution in [0.25, 0.3) is 0 Å². The van der Waals surface area contributed by atoms with Crippen molar-refractivity contribution in [2.24, 2.45) is 0 Å². The topological polar surface area (TPSA) is 52.0 Å². The summed E-state index contributed by atoms with van der Waals surface area (Å²) in [6.07, 6.45) is 4.76. The third-order valence-electron chi connectivity index (χ3n) is 3.07. The second-order valence-corrected chi connectivity index (χ2v) is 6.13. The average Bonchev–Trinajstić information content (AvgIpc) is 2.85. The first-order valence-corrected chi connectivity index (χ1v) is 6.71. The molecule has 1 aliphatic rings. The van der Waals surface area contributed by atoms with Crippen molar-refractivity contribution in [3.63, 3.8) is 0 Å². The highest BCUT2D eigenvalue weighted by Gasteiger charge is 2.22. The van der Waals surface area contributed by atoms with Crippen LogP contribution in [0.1, 0.15) is 46.4 Å². The van der Waals surface area contributed by atoms with Crippen molar-refractivity contribution in [1.82, 2.24) is 20.1 Å². The first kappa shape index (κ1) is 13.5. The smallest absolute Gasteiger partial charge is 0.164 e. The fraction of sp³-hybridized carbons (Fsp3) is 0.846.